The molecule has 1 aliphatic heterocycles. The van der Waals surface area contributed by atoms with E-state index in [1.54, 1.807) is 0 Å². The lowest BCUT2D eigenvalue weighted by molar-refractivity contribution is -0.141. The third-order valence-corrected chi connectivity index (χ3v) is 4.83. The molecular weight excluding hydrogens is 210 g/mol. The second kappa shape index (κ2) is 2.94. The summed E-state index contributed by atoms with van der Waals surface area (Å²) in [5, 5.41) is 10.7. The van der Waals surface area contributed by atoms with Gasteiger partial charge in [-0.2, -0.15) is 0 Å². The van der Waals surface area contributed by atoms with E-state index in [1.807, 2.05) is 0 Å². The van der Waals surface area contributed by atoms with Crippen LogP contribution in [0.4, 0.5) is 0 Å². The smallest absolute Gasteiger partial charge is 0.327 e. The molecule has 6 nitrogen and oxygen atoms in total. The average Bonchev–Trinajstić information content (AvgIpc) is 1.99. The number of amides is 1. The summed E-state index contributed by atoms with van der Waals surface area (Å²) in [6.45, 7) is 2.52. The maximum Gasteiger partial charge on any atom is 0.327 e. The number of carbonyl (C=O) groups is 2. The van der Waals surface area contributed by atoms with E-state index in [0.717, 1.165) is 0 Å². The zero-order valence-electron chi connectivity index (χ0n) is 7.77. The summed E-state index contributed by atoms with van der Waals surface area (Å²) in [6, 6.07) is -1.33. The molecule has 0 radical (unpaired) electrons. The summed E-state index contributed by atoms with van der Waals surface area (Å²) in [6.07, 6.45) is 0. The van der Waals surface area contributed by atoms with E-state index in [1.165, 1.54) is 13.8 Å². The number of carbonyl (C=O) groups excluding carboxylic acids is 1. The fourth-order valence-electron chi connectivity index (χ4n) is 1.08. The van der Waals surface area contributed by atoms with E-state index in [4.69, 9.17) is 5.11 Å². The Bertz CT molecular complexity index is 383. The number of rotatable bonds is 1. The first kappa shape index (κ1) is 11.0. The van der Waals surface area contributed by atoms with Crippen molar-refractivity contribution in [2.75, 3.05) is 5.75 Å². The number of sulfone groups is 1. The highest BCUT2D eigenvalue weighted by molar-refractivity contribution is 7.93. The predicted molar refractivity (Wildman–Crippen MR) is 47.4 cm³/mol. The van der Waals surface area contributed by atoms with Crippen LogP contribution in [0.5, 0.6) is 0 Å². The molecule has 0 aromatic carbocycles. The number of aliphatic carboxylic acids is 1. The van der Waals surface area contributed by atoms with Crippen LogP contribution in [0.2, 0.25) is 0 Å². The van der Waals surface area contributed by atoms with Crippen molar-refractivity contribution in [3.05, 3.63) is 0 Å². The third kappa shape index (κ3) is 1.47. The summed E-state index contributed by atoms with van der Waals surface area (Å²) < 4.78 is 21.5. The van der Waals surface area contributed by atoms with Crippen molar-refractivity contribution in [1.82, 2.24) is 5.32 Å². The van der Waals surface area contributed by atoms with Gasteiger partial charge in [0, 0.05) is 0 Å². The van der Waals surface area contributed by atoms with E-state index in [9.17, 15) is 18.0 Å². The van der Waals surface area contributed by atoms with Gasteiger partial charge in [0.25, 0.3) is 0 Å². The standard InChI is InChI=1S/C7H11NO5S/c1-7(2)6(11)8-4(5(9)10)3-14(7,12)13/h4H,3H2,1-2H3,(H,8,11)(H,9,10)/t4-/m1/s1. The Kier molecular flexibility index (Phi) is 2.31. The average molecular weight is 221 g/mol. The molecule has 0 unspecified atom stereocenters. The first-order valence-corrected chi connectivity index (χ1v) is 5.60. The van der Waals surface area contributed by atoms with Crippen molar-refractivity contribution < 1.29 is 23.1 Å². The predicted octanol–water partition coefficient (Wildman–Crippen LogP) is -1.24. The van der Waals surface area contributed by atoms with Crippen LogP contribution >= 0.6 is 0 Å². The van der Waals surface area contributed by atoms with Crippen LogP contribution in [0.15, 0.2) is 0 Å². The Morgan fingerprint density at radius 3 is 2.43 bits per heavy atom. The van der Waals surface area contributed by atoms with Gasteiger partial charge in [0.15, 0.2) is 9.84 Å². The van der Waals surface area contributed by atoms with Gasteiger partial charge in [0.05, 0.1) is 5.75 Å². The van der Waals surface area contributed by atoms with Crippen molar-refractivity contribution in [2.45, 2.75) is 24.6 Å². The van der Waals surface area contributed by atoms with Crippen LogP contribution in [0, 0.1) is 0 Å². The minimum absolute atomic E-state index is 0.554. The Morgan fingerprint density at radius 2 is 2.07 bits per heavy atom. The quantitative estimate of drug-likeness (QED) is 0.577. The fraction of sp³-hybridized carbons (Fsp3) is 0.714. The van der Waals surface area contributed by atoms with Crippen molar-refractivity contribution in [3.8, 4) is 0 Å². The van der Waals surface area contributed by atoms with Crippen molar-refractivity contribution >= 4 is 21.7 Å². The monoisotopic (exact) mass is 221 g/mol. The molecule has 1 aliphatic rings. The Balaban J connectivity index is 3.10. The van der Waals surface area contributed by atoms with Crippen LogP contribution in [-0.4, -0.2) is 41.9 Å². The van der Waals surface area contributed by atoms with Crippen molar-refractivity contribution in [1.29, 1.82) is 0 Å². The van der Waals surface area contributed by atoms with E-state index in [-0.39, 0.29) is 0 Å². The fourth-order valence-corrected chi connectivity index (χ4v) is 2.50. The first-order chi connectivity index (χ1) is 6.18. The number of carboxylic acids is 1. The lowest BCUT2D eigenvalue weighted by Gasteiger charge is -2.31. The molecule has 1 amide bonds. The summed E-state index contributed by atoms with van der Waals surface area (Å²) in [5.74, 6) is -2.66. The van der Waals surface area contributed by atoms with Gasteiger partial charge in [-0.25, -0.2) is 13.2 Å². The largest absolute Gasteiger partial charge is 0.480 e. The number of hydrogen-bond donors (Lipinski definition) is 2. The summed E-state index contributed by atoms with van der Waals surface area (Å²) in [5.41, 5.74) is 0. The van der Waals surface area contributed by atoms with Gasteiger partial charge in [-0.1, -0.05) is 0 Å². The topological polar surface area (TPSA) is 101 Å². The van der Waals surface area contributed by atoms with Gasteiger partial charge in [-0.05, 0) is 13.8 Å². The molecule has 1 fully saturated rings. The Hall–Kier alpha value is -1.11. The number of carboxylic acid groups (broad SMARTS) is 1. The summed E-state index contributed by atoms with van der Waals surface area (Å²) in [7, 11) is -3.70. The van der Waals surface area contributed by atoms with Crippen LogP contribution in [0.3, 0.4) is 0 Å². The SMILES string of the molecule is CC1(C)C(=O)N[C@@H](C(=O)O)CS1(=O)=O. The molecule has 1 saturated heterocycles. The van der Waals surface area contributed by atoms with Gasteiger partial charge in [-0.15, -0.1) is 0 Å². The van der Waals surface area contributed by atoms with Crippen molar-refractivity contribution in [3.63, 3.8) is 0 Å². The van der Waals surface area contributed by atoms with Crippen molar-refractivity contribution in [2.24, 2.45) is 0 Å². The molecule has 0 aliphatic carbocycles. The molecule has 80 valence electrons. The lowest BCUT2D eigenvalue weighted by atomic mass is 10.1. The second-order valence-electron chi connectivity index (χ2n) is 3.66. The molecule has 0 aromatic rings. The van der Waals surface area contributed by atoms with Gasteiger partial charge < -0.3 is 10.4 Å². The van der Waals surface area contributed by atoms with E-state index in [2.05, 4.69) is 5.32 Å². The molecule has 2 N–H and O–H groups in total. The zero-order chi connectivity index (χ0) is 11.1. The Labute approximate surface area is 81.2 Å². The van der Waals surface area contributed by atoms with E-state index in [0.29, 0.717) is 0 Å². The molecule has 0 saturated carbocycles. The van der Waals surface area contributed by atoms with Gasteiger partial charge >= 0.3 is 5.97 Å². The molecular formula is C7H11NO5S. The molecule has 1 heterocycles. The maximum atomic E-state index is 11.5. The van der Waals surface area contributed by atoms with E-state index >= 15 is 0 Å². The molecule has 7 heteroatoms. The minimum Gasteiger partial charge on any atom is -0.480 e. The summed E-state index contributed by atoms with van der Waals surface area (Å²) in [4.78, 5) is 21.8. The summed E-state index contributed by atoms with van der Waals surface area (Å²) >= 11 is 0. The van der Waals surface area contributed by atoms with Gasteiger partial charge in [0.2, 0.25) is 5.91 Å². The van der Waals surface area contributed by atoms with Crippen LogP contribution < -0.4 is 5.32 Å². The van der Waals surface area contributed by atoms with Crippen LogP contribution in [0.25, 0.3) is 0 Å². The minimum atomic E-state index is -3.70. The first-order valence-electron chi connectivity index (χ1n) is 3.94. The molecule has 0 aromatic heterocycles. The molecule has 1 atom stereocenters. The Morgan fingerprint density at radius 1 is 1.57 bits per heavy atom. The highest BCUT2D eigenvalue weighted by Crippen LogP contribution is 2.22. The highest BCUT2D eigenvalue weighted by Gasteiger charge is 2.49. The second-order valence-corrected chi connectivity index (χ2v) is 6.24. The molecule has 14 heavy (non-hydrogen) atoms. The highest BCUT2D eigenvalue weighted by atomic mass is 32.2. The number of hydrogen-bond acceptors (Lipinski definition) is 4. The lowest BCUT2D eigenvalue weighted by Crippen LogP contribution is -2.62. The van der Waals surface area contributed by atoms with Crippen LogP contribution in [0.1, 0.15) is 13.8 Å². The van der Waals surface area contributed by atoms with Crippen LogP contribution in [-0.2, 0) is 19.4 Å². The normalized spacial score (nSPS) is 29.3. The number of nitrogens with one attached hydrogen (secondary N) is 1. The maximum absolute atomic E-state index is 11.5. The molecule has 0 bridgehead atoms. The van der Waals surface area contributed by atoms with E-state index < -0.39 is 38.3 Å². The molecule has 1 rings (SSSR count). The van der Waals surface area contributed by atoms with Gasteiger partial charge in [-0.3, -0.25) is 4.79 Å². The van der Waals surface area contributed by atoms with Gasteiger partial charge in [0.1, 0.15) is 10.8 Å². The zero-order valence-corrected chi connectivity index (χ0v) is 8.59. The molecule has 0 spiro atoms. The third-order valence-electron chi connectivity index (χ3n) is 2.31.